The third-order valence-corrected chi connectivity index (χ3v) is 6.10. The number of nitrogens with one attached hydrogen (secondary N) is 3. The Bertz CT molecular complexity index is 1030. The minimum Gasteiger partial charge on any atom is -0.444 e. The number of amides is 2. The number of carbonyl (C=O) groups excluding carboxylic acids is 2. The molecular weight excluding hydrogens is 438 g/mol. The van der Waals surface area contributed by atoms with Crippen molar-refractivity contribution in [3.63, 3.8) is 0 Å². The molecule has 33 heavy (non-hydrogen) atoms. The van der Waals surface area contributed by atoms with Crippen LogP contribution in [0.5, 0.6) is 0 Å². The van der Waals surface area contributed by atoms with Gasteiger partial charge in [-0.1, -0.05) is 49.4 Å². The Morgan fingerprint density at radius 3 is 2.55 bits per heavy atom. The van der Waals surface area contributed by atoms with Crippen LogP contribution in [0, 0.1) is 11.7 Å². The number of benzene rings is 1. The van der Waals surface area contributed by atoms with E-state index in [1.165, 1.54) is 0 Å². The van der Waals surface area contributed by atoms with Gasteiger partial charge in [0.2, 0.25) is 5.91 Å². The molecule has 180 valence electrons. The molecule has 3 N–H and O–H groups in total. The van der Waals surface area contributed by atoms with Gasteiger partial charge in [0.15, 0.2) is 10.6 Å². The second kappa shape index (κ2) is 10.5. The number of H-pyrrole nitrogens is 1. The van der Waals surface area contributed by atoms with Crippen molar-refractivity contribution in [2.75, 3.05) is 6.54 Å². The molecule has 0 bridgehead atoms. The quantitative estimate of drug-likeness (QED) is 0.419. The van der Waals surface area contributed by atoms with Crippen LogP contribution in [0.2, 0.25) is 0 Å². The van der Waals surface area contributed by atoms with Crippen LogP contribution in [0.25, 0.3) is 11.4 Å². The summed E-state index contributed by atoms with van der Waals surface area (Å²) in [5.74, 6) is 0.436. The average molecular weight is 474 g/mol. The lowest BCUT2D eigenvalue weighted by molar-refractivity contribution is -0.122. The molecule has 8 nitrogen and oxygen atoms in total. The standard InChI is InChI=1S/C24H35N5O3S/c1-17-10-9-11-18(14-17)20-27-28-21(33)29(20)15-19(30)25-16-24(12-7-5-6-8-13-24)26-22(31)32-23(2,3)4/h9-11,14H,5-8,12-13,15-16H2,1-4H3,(H,25,30)(H,26,31)(H,28,33). The molecule has 1 aromatic heterocycles. The van der Waals surface area contributed by atoms with E-state index in [1.807, 2.05) is 52.0 Å². The van der Waals surface area contributed by atoms with E-state index in [-0.39, 0.29) is 12.5 Å². The lowest BCUT2D eigenvalue weighted by Gasteiger charge is -2.35. The van der Waals surface area contributed by atoms with Gasteiger partial charge < -0.3 is 15.4 Å². The van der Waals surface area contributed by atoms with Crippen LogP contribution in [0.15, 0.2) is 24.3 Å². The summed E-state index contributed by atoms with van der Waals surface area (Å²) in [6.07, 6.45) is 5.38. The van der Waals surface area contributed by atoms with E-state index in [2.05, 4.69) is 20.8 Å². The smallest absolute Gasteiger partial charge is 0.408 e. The SMILES string of the molecule is Cc1cccc(-c2n[nH]c(=S)n2CC(=O)NCC2(NC(=O)OC(C)(C)C)CCCCCC2)c1. The number of aryl methyl sites for hydroxylation is 1. The van der Waals surface area contributed by atoms with Gasteiger partial charge in [-0.2, -0.15) is 5.10 Å². The summed E-state index contributed by atoms with van der Waals surface area (Å²) < 4.78 is 7.58. The van der Waals surface area contributed by atoms with E-state index in [0.29, 0.717) is 17.1 Å². The third kappa shape index (κ3) is 7.15. The summed E-state index contributed by atoms with van der Waals surface area (Å²) >= 11 is 5.37. The second-order valence-electron chi connectivity index (χ2n) is 9.91. The van der Waals surface area contributed by atoms with Gasteiger partial charge in [-0.25, -0.2) is 4.79 Å². The zero-order valence-electron chi connectivity index (χ0n) is 20.0. The number of hydrogen-bond donors (Lipinski definition) is 3. The van der Waals surface area contributed by atoms with Gasteiger partial charge in [0, 0.05) is 12.1 Å². The fourth-order valence-electron chi connectivity index (χ4n) is 4.21. The van der Waals surface area contributed by atoms with Crippen molar-refractivity contribution in [1.29, 1.82) is 0 Å². The van der Waals surface area contributed by atoms with Crippen LogP contribution in [0.3, 0.4) is 0 Å². The number of aromatic amines is 1. The van der Waals surface area contributed by atoms with E-state index >= 15 is 0 Å². The highest BCUT2D eigenvalue weighted by atomic mass is 32.1. The molecule has 0 aliphatic heterocycles. The Morgan fingerprint density at radius 2 is 1.91 bits per heavy atom. The zero-order valence-corrected chi connectivity index (χ0v) is 20.8. The number of ether oxygens (including phenoxy) is 1. The molecule has 2 aromatic rings. The molecule has 0 saturated heterocycles. The first-order valence-electron chi connectivity index (χ1n) is 11.6. The van der Waals surface area contributed by atoms with E-state index in [1.54, 1.807) is 4.57 Å². The predicted octanol–water partition coefficient (Wildman–Crippen LogP) is 4.65. The van der Waals surface area contributed by atoms with Crippen molar-refractivity contribution in [3.05, 3.63) is 34.6 Å². The fourth-order valence-corrected chi connectivity index (χ4v) is 4.40. The van der Waals surface area contributed by atoms with Gasteiger partial charge >= 0.3 is 6.09 Å². The number of aromatic nitrogens is 3. The molecule has 9 heteroatoms. The molecule has 2 amide bonds. The van der Waals surface area contributed by atoms with E-state index in [4.69, 9.17) is 17.0 Å². The van der Waals surface area contributed by atoms with Crippen LogP contribution in [-0.4, -0.2) is 44.4 Å². The van der Waals surface area contributed by atoms with Crippen molar-refractivity contribution >= 4 is 24.2 Å². The molecule has 1 heterocycles. The molecule has 1 aliphatic rings. The maximum Gasteiger partial charge on any atom is 0.408 e. The van der Waals surface area contributed by atoms with Gasteiger partial charge in [-0.3, -0.25) is 14.5 Å². The lowest BCUT2D eigenvalue weighted by atomic mass is 9.90. The predicted molar refractivity (Wildman–Crippen MR) is 130 cm³/mol. The molecule has 0 unspecified atom stereocenters. The van der Waals surface area contributed by atoms with Gasteiger partial charge in [-0.15, -0.1) is 0 Å². The van der Waals surface area contributed by atoms with Gasteiger partial charge in [0.1, 0.15) is 12.1 Å². The highest BCUT2D eigenvalue weighted by Crippen LogP contribution is 2.27. The summed E-state index contributed by atoms with van der Waals surface area (Å²) in [5, 5.41) is 13.2. The number of carbonyl (C=O) groups is 2. The first-order chi connectivity index (χ1) is 15.6. The molecule has 0 atom stereocenters. The molecule has 0 radical (unpaired) electrons. The number of nitrogens with zero attached hydrogens (tertiary/aromatic N) is 2. The Labute approximate surface area is 200 Å². The molecule has 1 aliphatic carbocycles. The van der Waals surface area contributed by atoms with Crippen molar-refractivity contribution in [3.8, 4) is 11.4 Å². The minimum absolute atomic E-state index is 0.0428. The normalized spacial score (nSPS) is 16.0. The molecular formula is C24H35N5O3S. The summed E-state index contributed by atoms with van der Waals surface area (Å²) in [7, 11) is 0. The summed E-state index contributed by atoms with van der Waals surface area (Å²) in [5.41, 5.74) is 0.887. The topological polar surface area (TPSA) is 101 Å². The monoisotopic (exact) mass is 473 g/mol. The van der Waals surface area contributed by atoms with E-state index in [0.717, 1.165) is 49.7 Å². The van der Waals surface area contributed by atoms with Crippen LogP contribution >= 0.6 is 12.2 Å². The lowest BCUT2D eigenvalue weighted by Crippen LogP contribution is -2.56. The maximum absolute atomic E-state index is 12.9. The third-order valence-electron chi connectivity index (χ3n) is 5.79. The molecule has 1 aromatic carbocycles. The highest BCUT2D eigenvalue weighted by Gasteiger charge is 2.34. The summed E-state index contributed by atoms with van der Waals surface area (Å²) in [4.78, 5) is 25.5. The number of alkyl carbamates (subject to hydrolysis) is 1. The van der Waals surface area contributed by atoms with Gasteiger partial charge in [0.25, 0.3) is 0 Å². The van der Waals surface area contributed by atoms with Crippen LogP contribution in [-0.2, 0) is 16.1 Å². The van der Waals surface area contributed by atoms with Gasteiger partial charge in [0.05, 0.1) is 5.54 Å². The van der Waals surface area contributed by atoms with Crippen LogP contribution in [0.1, 0.15) is 64.9 Å². The average Bonchev–Trinajstić information content (AvgIpc) is 2.93. The van der Waals surface area contributed by atoms with Gasteiger partial charge in [-0.05, 0) is 58.8 Å². The fraction of sp³-hybridized carbons (Fsp3) is 0.583. The first kappa shape index (κ1) is 25.0. The Kier molecular flexibility index (Phi) is 7.94. The Balaban J connectivity index is 1.71. The van der Waals surface area contributed by atoms with E-state index in [9.17, 15) is 9.59 Å². The minimum atomic E-state index is -0.580. The molecule has 1 fully saturated rings. The summed E-state index contributed by atoms with van der Waals surface area (Å²) in [6, 6.07) is 7.90. The Hall–Kier alpha value is -2.68. The van der Waals surface area contributed by atoms with E-state index < -0.39 is 17.2 Å². The maximum atomic E-state index is 12.9. The van der Waals surface area contributed by atoms with Crippen molar-refractivity contribution < 1.29 is 14.3 Å². The van der Waals surface area contributed by atoms with Crippen molar-refractivity contribution in [2.24, 2.45) is 0 Å². The zero-order chi connectivity index (χ0) is 24.1. The molecule has 1 saturated carbocycles. The van der Waals surface area contributed by atoms with Crippen LogP contribution in [0.4, 0.5) is 4.79 Å². The first-order valence-corrected chi connectivity index (χ1v) is 12.0. The number of hydrogen-bond acceptors (Lipinski definition) is 5. The summed E-state index contributed by atoms with van der Waals surface area (Å²) in [6.45, 7) is 7.92. The largest absolute Gasteiger partial charge is 0.444 e. The number of rotatable bonds is 6. The highest BCUT2D eigenvalue weighted by molar-refractivity contribution is 7.71. The van der Waals surface area contributed by atoms with Crippen molar-refractivity contribution in [2.45, 2.75) is 83.9 Å². The Morgan fingerprint density at radius 1 is 1.21 bits per heavy atom. The van der Waals surface area contributed by atoms with Crippen molar-refractivity contribution in [1.82, 2.24) is 25.4 Å². The molecule has 3 rings (SSSR count). The van der Waals surface area contributed by atoms with Crippen LogP contribution < -0.4 is 10.6 Å². The second-order valence-corrected chi connectivity index (χ2v) is 10.3. The molecule has 0 spiro atoms.